The normalized spacial score (nSPS) is 19.5. The van der Waals surface area contributed by atoms with Crippen molar-refractivity contribution in [2.45, 2.75) is 39.2 Å². The number of carbonyl (C=O) groups excluding carboxylic acids is 2. The number of furan rings is 1. The van der Waals surface area contributed by atoms with E-state index in [9.17, 15) is 9.59 Å². The van der Waals surface area contributed by atoms with E-state index in [-0.39, 0.29) is 11.7 Å². The summed E-state index contributed by atoms with van der Waals surface area (Å²) in [7, 11) is 0. The average Bonchev–Trinajstić information content (AvgIpc) is 2.68. The minimum absolute atomic E-state index is 0.111. The molecule has 0 aliphatic carbocycles. The summed E-state index contributed by atoms with van der Waals surface area (Å²) in [5, 5.41) is 0. The zero-order valence-electron chi connectivity index (χ0n) is 10.4. The number of ketones is 1. The van der Waals surface area contributed by atoms with Crippen molar-refractivity contribution in [1.29, 1.82) is 0 Å². The molecule has 1 saturated heterocycles. The number of hydrogen-bond acceptors (Lipinski definition) is 3. The van der Waals surface area contributed by atoms with Crippen LogP contribution in [-0.4, -0.2) is 28.7 Å². The maximum Gasteiger partial charge on any atom is 0.290 e. The Hall–Kier alpha value is -1.58. The van der Waals surface area contributed by atoms with E-state index in [4.69, 9.17) is 4.42 Å². The van der Waals surface area contributed by atoms with Gasteiger partial charge in [0, 0.05) is 13.0 Å². The molecule has 1 amide bonds. The van der Waals surface area contributed by atoms with Crippen molar-refractivity contribution in [3.8, 4) is 0 Å². The fourth-order valence-electron chi connectivity index (χ4n) is 2.17. The maximum atomic E-state index is 12.3. The molecule has 0 saturated carbocycles. The number of carbonyl (C=O) groups is 2. The third kappa shape index (κ3) is 1.99. The molecule has 0 unspecified atom stereocenters. The summed E-state index contributed by atoms with van der Waals surface area (Å²) in [4.78, 5) is 25.7. The molecule has 4 nitrogen and oxygen atoms in total. The molecule has 0 radical (unpaired) electrons. The highest BCUT2D eigenvalue weighted by molar-refractivity contribution is 5.98. The topological polar surface area (TPSA) is 50.5 Å². The van der Waals surface area contributed by atoms with E-state index in [1.807, 2.05) is 0 Å². The van der Waals surface area contributed by atoms with Gasteiger partial charge in [-0.05, 0) is 39.3 Å². The predicted octanol–water partition coefficient (Wildman–Crippen LogP) is 2.17. The number of hydrogen-bond donors (Lipinski definition) is 0. The standard InChI is InChI=1S/C13H17NO3/c1-9-6-7-10(17-9)12(16)14-8-4-5-11(15)13(14,2)3/h6-7H,4-5,8H2,1-3H3. The Morgan fingerprint density at radius 2 is 2.12 bits per heavy atom. The number of piperidine rings is 1. The Labute approximate surface area is 101 Å². The fraction of sp³-hybridized carbons (Fsp3) is 0.538. The highest BCUT2D eigenvalue weighted by Gasteiger charge is 2.41. The molecule has 2 rings (SSSR count). The molecule has 2 heterocycles. The third-order valence-corrected chi connectivity index (χ3v) is 3.34. The smallest absolute Gasteiger partial charge is 0.290 e. The maximum absolute atomic E-state index is 12.3. The molecule has 1 fully saturated rings. The zero-order valence-corrected chi connectivity index (χ0v) is 10.4. The van der Waals surface area contributed by atoms with Crippen LogP contribution in [0.2, 0.25) is 0 Å². The van der Waals surface area contributed by atoms with Gasteiger partial charge in [-0.25, -0.2) is 0 Å². The Kier molecular flexibility index (Phi) is 2.81. The molecule has 0 aromatic carbocycles. The second-order valence-corrected chi connectivity index (χ2v) is 4.95. The first-order valence-corrected chi connectivity index (χ1v) is 5.84. The van der Waals surface area contributed by atoms with Crippen molar-refractivity contribution in [2.24, 2.45) is 0 Å². The minimum atomic E-state index is -0.726. The number of likely N-dealkylation sites (tertiary alicyclic amines) is 1. The monoisotopic (exact) mass is 235 g/mol. The van der Waals surface area contributed by atoms with Gasteiger partial charge in [-0.1, -0.05) is 0 Å². The van der Waals surface area contributed by atoms with Crippen LogP contribution in [0.1, 0.15) is 43.0 Å². The molecule has 0 spiro atoms. The molecule has 17 heavy (non-hydrogen) atoms. The van der Waals surface area contributed by atoms with Crippen LogP contribution in [-0.2, 0) is 4.79 Å². The molecule has 1 aromatic heterocycles. The second-order valence-electron chi connectivity index (χ2n) is 4.95. The third-order valence-electron chi connectivity index (χ3n) is 3.34. The highest BCUT2D eigenvalue weighted by Crippen LogP contribution is 2.26. The lowest BCUT2D eigenvalue weighted by Crippen LogP contribution is -2.56. The van der Waals surface area contributed by atoms with Gasteiger partial charge in [-0.15, -0.1) is 0 Å². The van der Waals surface area contributed by atoms with Gasteiger partial charge in [0.05, 0.1) is 5.54 Å². The molecule has 1 aliphatic heterocycles. The summed E-state index contributed by atoms with van der Waals surface area (Å²) in [5.41, 5.74) is -0.726. The van der Waals surface area contributed by atoms with Crippen LogP contribution >= 0.6 is 0 Å². The number of amides is 1. The van der Waals surface area contributed by atoms with Crippen LogP contribution in [0.15, 0.2) is 16.5 Å². The Balaban J connectivity index is 2.27. The van der Waals surface area contributed by atoms with E-state index in [0.29, 0.717) is 24.5 Å². The Bertz CT molecular complexity index is 459. The molecule has 1 aromatic rings. The van der Waals surface area contributed by atoms with Gasteiger partial charge in [0.15, 0.2) is 11.5 Å². The van der Waals surface area contributed by atoms with Crippen LogP contribution in [0.25, 0.3) is 0 Å². The first kappa shape index (κ1) is 11.9. The molecule has 92 valence electrons. The molecule has 0 bridgehead atoms. The average molecular weight is 235 g/mol. The second kappa shape index (κ2) is 4.02. The van der Waals surface area contributed by atoms with Crippen molar-refractivity contribution < 1.29 is 14.0 Å². The van der Waals surface area contributed by atoms with E-state index >= 15 is 0 Å². The van der Waals surface area contributed by atoms with Gasteiger partial charge in [0.1, 0.15) is 5.76 Å². The van der Waals surface area contributed by atoms with Crippen molar-refractivity contribution >= 4 is 11.7 Å². The van der Waals surface area contributed by atoms with Crippen LogP contribution < -0.4 is 0 Å². The van der Waals surface area contributed by atoms with E-state index < -0.39 is 5.54 Å². The summed E-state index contributed by atoms with van der Waals surface area (Å²) >= 11 is 0. The van der Waals surface area contributed by atoms with Crippen molar-refractivity contribution in [3.05, 3.63) is 23.7 Å². The van der Waals surface area contributed by atoms with Crippen LogP contribution in [0.5, 0.6) is 0 Å². The summed E-state index contributed by atoms with van der Waals surface area (Å²) in [6.45, 7) is 5.99. The molecule has 0 N–H and O–H groups in total. The summed E-state index contributed by atoms with van der Waals surface area (Å²) < 4.78 is 5.32. The van der Waals surface area contributed by atoms with E-state index in [1.165, 1.54) is 0 Å². The number of aryl methyl sites for hydroxylation is 1. The van der Waals surface area contributed by atoms with Crippen molar-refractivity contribution in [1.82, 2.24) is 4.90 Å². The fourth-order valence-corrected chi connectivity index (χ4v) is 2.17. The number of rotatable bonds is 1. The van der Waals surface area contributed by atoms with Gasteiger partial charge in [0.2, 0.25) is 0 Å². The molecular formula is C13H17NO3. The summed E-state index contributed by atoms with van der Waals surface area (Å²) in [5.74, 6) is 0.927. The molecule has 1 aliphatic rings. The van der Waals surface area contributed by atoms with Gasteiger partial charge in [-0.2, -0.15) is 0 Å². The SMILES string of the molecule is Cc1ccc(C(=O)N2CCCC(=O)C2(C)C)o1. The van der Waals surface area contributed by atoms with Crippen molar-refractivity contribution in [3.63, 3.8) is 0 Å². The summed E-state index contributed by atoms with van der Waals surface area (Å²) in [6, 6.07) is 3.42. The first-order valence-electron chi connectivity index (χ1n) is 5.84. The van der Waals surface area contributed by atoms with Crippen molar-refractivity contribution in [2.75, 3.05) is 6.54 Å². The van der Waals surface area contributed by atoms with Gasteiger partial charge in [0.25, 0.3) is 5.91 Å². The molecule has 0 atom stereocenters. The first-order chi connectivity index (χ1) is 7.93. The minimum Gasteiger partial charge on any atom is -0.456 e. The zero-order chi connectivity index (χ0) is 12.6. The van der Waals surface area contributed by atoms with Gasteiger partial charge < -0.3 is 9.32 Å². The van der Waals surface area contributed by atoms with E-state index in [0.717, 1.165) is 6.42 Å². The predicted molar refractivity (Wildman–Crippen MR) is 62.8 cm³/mol. The lowest BCUT2D eigenvalue weighted by Gasteiger charge is -2.40. The number of Topliss-reactive ketones (excluding diaryl/α,β-unsaturated/α-hetero) is 1. The van der Waals surface area contributed by atoms with Crippen LogP contribution in [0.4, 0.5) is 0 Å². The lowest BCUT2D eigenvalue weighted by atomic mass is 9.88. The number of nitrogens with zero attached hydrogens (tertiary/aromatic N) is 1. The Morgan fingerprint density at radius 1 is 1.41 bits per heavy atom. The van der Waals surface area contributed by atoms with Crippen LogP contribution in [0, 0.1) is 6.92 Å². The largest absolute Gasteiger partial charge is 0.456 e. The molecular weight excluding hydrogens is 218 g/mol. The van der Waals surface area contributed by atoms with Gasteiger partial charge >= 0.3 is 0 Å². The Morgan fingerprint density at radius 3 is 2.71 bits per heavy atom. The van der Waals surface area contributed by atoms with Crippen LogP contribution in [0.3, 0.4) is 0 Å². The van der Waals surface area contributed by atoms with E-state index in [2.05, 4.69) is 0 Å². The van der Waals surface area contributed by atoms with E-state index in [1.54, 1.807) is 37.8 Å². The molecule has 4 heteroatoms. The summed E-state index contributed by atoms with van der Waals surface area (Å²) in [6.07, 6.45) is 1.28. The lowest BCUT2D eigenvalue weighted by molar-refractivity contribution is -0.130. The quantitative estimate of drug-likeness (QED) is 0.749. The highest BCUT2D eigenvalue weighted by atomic mass is 16.3. The van der Waals surface area contributed by atoms with Gasteiger partial charge in [-0.3, -0.25) is 9.59 Å².